The highest BCUT2D eigenvalue weighted by molar-refractivity contribution is 7.62. The molecule has 154 valence electrons. The van der Waals surface area contributed by atoms with E-state index in [1.807, 2.05) is 0 Å². The summed E-state index contributed by atoms with van der Waals surface area (Å²) in [6.45, 7) is 3.90. The lowest BCUT2D eigenvalue weighted by atomic mass is 10.2. The summed E-state index contributed by atoms with van der Waals surface area (Å²) < 4.78 is 19.6. The number of hydrogen-bond acceptors (Lipinski definition) is 6. The lowest BCUT2D eigenvalue weighted by Gasteiger charge is -2.18. The second-order valence-corrected chi connectivity index (χ2v) is 11.8. The van der Waals surface area contributed by atoms with Crippen LogP contribution in [0.1, 0.15) is 25.5 Å². The smallest absolute Gasteiger partial charge is 0.305 e. The van der Waals surface area contributed by atoms with E-state index in [2.05, 4.69) is 15.0 Å². The molecule has 0 aliphatic rings. The molecule has 1 aromatic carbocycles. The Morgan fingerprint density at radius 3 is 1.61 bits per heavy atom. The molecule has 0 atom stereocenters. The first-order chi connectivity index (χ1) is 12.9. The second-order valence-electron chi connectivity index (χ2n) is 5.18. The Hall–Kier alpha value is 0.120. The molecule has 28 heavy (non-hydrogen) atoms. The van der Waals surface area contributed by atoms with Crippen LogP contribution in [-0.2, 0) is 21.2 Å². The summed E-state index contributed by atoms with van der Waals surface area (Å²) in [4.78, 5) is 12.2. The fraction of sp³-hybridized carbons (Fsp3) is 0.400. The molecule has 2 aromatic rings. The van der Waals surface area contributed by atoms with Crippen molar-refractivity contribution in [3.63, 3.8) is 0 Å². The van der Waals surface area contributed by atoms with Gasteiger partial charge in [-0.05, 0) is 26.0 Å². The molecule has 0 spiro atoms. The molecule has 0 N–H and O–H groups in total. The van der Waals surface area contributed by atoms with E-state index >= 15 is 0 Å². The third-order valence-electron chi connectivity index (χ3n) is 3.18. The van der Waals surface area contributed by atoms with Gasteiger partial charge < -0.3 is 9.05 Å². The van der Waals surface area contributed by atoms with E-state index in [0.29, 0.717) is 10.9 Å². The van der Waals surface area contributed by atoms with E-state index in [-0.39, 0.29) is 30.7 Å². The lowest BCUT2D eigenvalue weighted by molar-refractivity contribution is 0.230. The van der Waals surface area contributed by atoms with Crippen molar-refractivity contribution in [3.8, 4) is 11.4 Å². The van der Waals surface area contributed by atoms with Crippen LogP contribution in [0.4, 0.5) is 0 Å². The molecule has 0 fully saturated rings. The molecule has 2 rings (SSSR count). The van der Waals surface area contributed by atoms with Crippen molar-refractivity contribution < 1.29 is 13.6 Å². The van der Waals surface area contributed by atoms with Crippen molar-refractivity contribution in [1.82, 2.24) is 15.0 Å². The average molecular weight is 528 g/mol. The Morgan fingerprint density at radius 1 is 0.821 bits per heavy atom. The molecule has 0 aliphatic carbocycles. The highest BCUT2D eigenvalue weighted by Crippen LogP contribution is 2.47. The van der Waals surface area contributed by atoms with Crippen LogP contribution in [-0.4, -0.2) is 28.2 Å². The minimum absolute atomic E-state index is 0.104. The number of nitrogens with zero attached hydrogens (tertiary/aromatic N) is 3. The molecule has 0 saturated heterocycles. The van der Waals surface area contributed by atoms with Gasteiger partial charge in [0.05, 0.1) is 18.5 Å². The van der Waals surface area contributed by atoms with Crippen molar-refractivity contribution in [2.75, 3.05) is 13.2 Å². The van der Waals surface area contributed by atoms with Crippen LogP contribution in [0, 0.1) is 0 Å². The quantitative estimate of drug-likeness (QED) is 0.334. The summed E-state index contributed by atoms with van der Waals surface area (Å²) in [5, 5.41) is 0.372. The predicted molar refractivity (Wildman–Crippen MR) is 114 cm³/mol. The Bertz CT molecular complexity index is 829. The summed E-state index contributed by atoms with van der Waals surface area (Å²) in [6.07, 6.45) is 0. The molecule has 0 amide bonds. The maximum absolute atomic E-state index is 12.8. The highest BCUT2D eigenvalue weighted by Gasteiger charge is 2.34. The minimum Gasteiger partial charge on any atom is -0.305 e. The maximum Gasteiger partial charge on any atom is 0.361 e. The Labute approximate surface area is 192 Å². The van der Waals surface area contributed by atoms with Crippen molar-refractivity contribution in [1.29, 1.82) is 0 Å². The van der Waals surface area contributed by atoms with Gasteiger partial charge in [-0.2, -0.15) is 0 Å². The molecule has 0 bridgehead atoms. The van der Waals surface area contributed by atoms with Gasteiger partial charge in [-0.25, -0.2) is 15.0 Å². The van der Waals surface area contributed by atoms with E-state index in [0.717, 1.165) is 0 Å². The van der Waals surface area contributed by atoms with Crippen LogP contribution < -0.4 is 5.30 Å². The zero-order valence-corrected chi connectivity index (χ0v) is 19.9. The summed E-state index contributed by atoms with van der Waals surface area (Å²) in [7, 11) is -3.44. The first-order valence-corrected chi connectivity index (χ1v) is 11.6. The number of benzene rings is 1. The first-order valence-electron chi connectivity index (χ1n) is 7.81. The van der Waals surface area contributed by atoms with E-state index in [9.17, 15) is 4.57 Å². The summed E-state index contributed by atoms with van der Waals surface area (Å²) in [5.41, 5.74) is 0.483. The van der Waals surface area contributed by atoms with Crippen LogP contribution >= 0.6 is 77.2 Å². The third-order valence-corrected chi connectivity index (χ3v) is 6.32. The number of hydrogen-bond donors (Lipinski definition) is 0. The van der Waals surface area contributed by atoms with Gasteiger partial charge in [0.25, 0.3) is 0 Å². The van der Waals surface area contributed by atoms with Crippen LogP contribution in [0.2, 0.25) is 0 Å². The van der Waals surface area contributed by atoms with Gasteiger partial charge in [0.1, 0.15) is 0 Å². The van der Waals surface area contributed by atoms with Gasteiger partial charge in [-0.15, -0.1) is 0 Å². The zero-order chi connectivity index (χ0) is 21.2. The normalized spacial score (nSPS) is 13.0. The molecule has 0 aliphatic heterocycles. The average Bonchev–Trinajstić information content (AvgIpc) is 2.60. The van der Waals surface area contributed by atoms with E-state index in [1.165, 1.54) is 0 Å². The van der Waals surface area contributed by atoms with Crippen LogP contribution in [0.3, 0.4) is 0 Å². The van der Waals surface area contributed by atoms with E-state index in [4.69, 9.17) is 78.7 Å². The minimum atomic E-state index is -3.44. The summed E-state index contributed by atoms with van der Waals surface area (Å²) >= 11 is 35.2. The molecular weight excluding hydrogens is 514 g/mol. The fourth-order valence-electron chi connectivity index (χ4n) is 2.08. The predicted octanol–water partition coefficient (Wildman–Crippen LogP) is 6.08. The zero-order valence-electron chi connectivity index (χ0n) is 14.5. The maximum atomic E-state index is 12.8. The molecule has 0 unspecified atom stereocenters. The molecule has 1 aromatic heterocycles. The van der Waals surface area contributed by atoms with Crippen molar-refractivity contribution in [2.24, 2.45) is 0 Å². The van der Waals surface area contributed by atoms with Gasteiger partial charge in [0, 0.05) is 5.56 Å². The standard InChI is InChI=1S/C15H14Cl6N3O3P/c1-3-26-28(25,27-4-2)10-7-5-9(6-8-10)11-22-12(14(16,17)18)24-13(23-11)15(19,20)21/h5-8H,3-4H2,1-2H3. The Morgan fingerprint density at radius 2 is 1.25 bits per heavy atom. The van der Waals surface area contributed by atoms with Gasteiger partial charge >= 0.3 is 7.60 Å². The number of alkyl halides is 6. The molecule has 1 heterocycles. The molecule has 0 saturated carbocycles. The monoisotopic (exact) mass is 525 g/mol. The van der Waals surface area contributed by atoms with Crippen molar-refractivity contribution in [3.05, 3.63) is 35.9 Å². The van der Waals surface area contributed by atoms with Gasteiger partial charge in [-0.3, -0.25) is 4.57 Å². The van der Waals surface area contributed by atoms with Gasteiger partial charge in [0.2, 0.25) is 7.59 Å². The summed E-state index contributed by atoms with van der Waals surface area (Å²) in [5.74, 6) is -0.309. The van der Waals surface area contributed by atoms with Crippen LogP contribution in [0.15, 0.2) is 24.3 Å². The van der Waals surface area contributed by atoms with Gasteiger partial charge in [-0.1, -0.05) is 81.7 Å². The molecule has 6 nitrogen and oxygen atoms in total. The largest absolute Gasteiger partial charge is 0.361 e. The van der Waals surface area contributed by atoms with Crippen molar-refractivity contribution >= 4 is 82.5 Å². The number of rotatable bonds is 6. The summed E-state index contributed by atoms with van der Waals surface area (Å²) in [6, 6.07) is 6.32. The number of aromatic nitrogens is 3. The van der Waals surface area contributed by atoms with E-state index in [1.54, 1.807) is 38.1 Å². The second kappa shape index (κ2) is 9.51. The molecule has 13 heteroatoms. The van der Waals surface area contributed by atoms with Crippen LogP contribution in [0.5, 0.6) is 0 Å². The highest BCUT2D eigenvalue weighted by atomic mass is 35.6. The Balaban J connectivity index is 2.52. The SMILES string of the molecule is CCOP(=O)(OCC)c1ccc(-c2nc(C(Cl)(Cl)Cl)nc(C(Cl)(Cl)Cl)n2)cc1. The molecule has 0 radical (unpaired) electrons. The van der Waals surface area contributed by atoms with Crippen molar-refractivity contribution in [2.45, 2.75) is 21.4 Å². The topological polar surface area (TPSA) is 74.2 Å². The first kappa shape index (κ1) is 24.4. The Kier molecular flexibility index (Phi) is 8.28. The number of halogens is 6. The molecular formula is C15H14Cl6N3O3P. The fourth-order valence-corrected chi connectivity index (χ4v) is 4.15. The lowest BCUT2D eigenvalue weighted by Crippen LogP contribution is -2.17. The van der Waals surface area contributed by atoms with E-state index < -0.39 is 15.2 Å². The van der Waals surface area contributed by atoms with Gasteiger partial charge in [0.15, 0.2) is 17.5 Å². The van der Waals surface area contributed by atoms with Crippen LogP contribution in [0.25, 0.3) is 11.4 Å². The third kappa shape index (κ3) is 6.07.